The topological polar surface area (TPSA) is 38.7 Å². The van der Waals surface area contributed by atoms with Crippen LogP contribution in [0.4, 0.5) is 0 Å². The normalized spacial score (nSPS) is 16.9. The van der Waals surface area contributed by atoms with Crippen LogP contribution in [0.15, 0.2) is 4.47 Å². The van der Waals surface area contributed by atoms with Crippen LogP contribution in [0.5, 0.6) is 11.5 Å². The number of hydrogen-bond donors (Lipinski definition) is 1. The van der Waals surface area contributed by atoms with E-state index >= 15 is 0 Å². The first-order valence-corrected chi connectivity index (χ1v) is 5.84. The second-order valence-corrected chi connectivity index (χ2v) is 4.56. The first-order chi connectivity index (χ1) is 7.33. The van der Waals surface area contributed by atoms with Crippen LogP contribution >= 0.6 is 15.9 Å². The van der Waals surface area contributed by atoms with Crippen LogP contribution < -0.4 is 9.47 Å². The summed E-state index contributed by atoms with van der Waals surface area (Å²) < 4.78 is 12.2. The van der Waals surface area contributed by atoms with Gasteiger partial charge in [0.05, 0.1) is 24.3 Å². The van der Waals surface area contributed by atoms with Crippen LogP contribution in [-0.4, -0.2) is 18.3 Å². The van der Waals surface area contributed by atoms with E-state index in [9.17, 15) is 5.11 Å². The summed E-state index contributed by atoms with van der Waals surface area (Å²) in [5, 5.41) is 9.41. The molecule has 2 aliphatic rings. The van der Waals surface area contributed by atoms with E-state index in [1.165, 1.54) is 0 Å². The molecule has 0 saturated heterocycles. The van der Waals surface area contributed by atoms with Crippen molar-refractivity contribution >= 4 is 15.9 Å². The largest absolute Gasteiger partial charge is 0.493 e. The zero-order chi connectivity index (χ0) is 10.4. The molecule has 2 aliphatic heterocycles. The Morgan fingerprint density at radius 3 is 2.47 bits per heavy atom. The average Bonchev–Trinajstić information content (AvgIpc) is 2.85. The lowest BCUT2D eigenvalue weighted by molar-refractivity contribution is 0.269. The van der Waals surface area contributed by atoms with Gasteiger partial charge in [0.2, 0.25) is 0 Å². The van der Waals surface area contributed by atoms with Gasteiger partial charge in [-0.05, 0) is 15.9 Å². The SMILES string of the molecule is OCc1c2c(c(Br)c3c1OCC3)OCC2. The Labute approximate surface area is 96.1 Å². The summed E-state index contributed by atoms with van der Waals surface area (Å²) in [4.78, 5) is 0. The van der Waals surface area contributed by atoms with Gasteiger partial charge in [0, 0.05) is 29.5 Å². The molecule has 0 aromatic heterocycles. The number of benzene rings is 1. The molecule has 1 N–H and O–H groups in total. The summed E-state index contributed by atoms with van der Waals surface area (Å²) in [6, 6.07) is 0. The molecule has 0 bridgehead atoms. The molecule has 15 heavy (non-hydrogen) atoms. The van der Waals surface area contributed by atoms with Gasteiger partial charge < -0.3 is 14.6 Å². The van der Waals surface area contributed by atoms with Gasteiger partial charge in [0.25, 0.3) is 0 Å². The highest BCUT2D eigenvalue weighted by Crippen LogP contribution is 2.46. The molecular weight excluding hydrogens is 260 g/mol. The van der Waals surface area contributed by atoms with Gasteiger partial charge in [0.15, 0.2) is 0 Å². The monoisotopic (exact) mass is 270 g/mol. The maximum atomic E-state index is 9.41. The van der Waals surface area contributed by atoms with Gasteiger partial charge in [-0.3, -0.25) is 0 Å². The molecule has 0 atom stereocenters. The predicted octanol–water partition coefficient (Wildman–Crippen LogP) is 1.81. The zero-order valence-corrected chi connectivity index (χ0v) is 9.76. The Balaban J connectivity index is 2.31. The third kappa shape index (κ3) is 1.21. The van der Waals surface area contributed by atoms with E-state index in [0.717, 1.165) is 45.5 Å². The Morgan fingerprint density at radius 2 is 1.73 bits per heavy atom. The molecule has 3 rings (SSSR count). The minimum Gasteiger partial charge on any atom is -0.493 e. The van der Waals surface area contributed by atoms with Crippen LogP contribution in [0.2, 0.25) is 0 Å². The summed E-state index contributed by atoms with van der Waals surface area (Å²) in [5.74, 6) is 1.77. The van der Waals surface area contributed by atoms with Crippen LogP contribution in [0, 0.1) is 0 Å². The molecule has 0 amide bonds. The molecule has 2 heterocycles. The van der Waals surface area contributed by atoms with Crippen molar-refractivity contribution in [2.75, 3.05) is 13.2 Å². The Hall–Kier alpha value is -0.740. The maximum Gasteiger partial charge on any atom is 0.137 e. The molecule has 1 aromatic rings. The Bertz CT molecular complexity index is 393. The smallest absolute Gasteiger partial charge is 0.137 e. The first-order valence-electron chi connectivity index (χ1n) is 5.05. The van der Waals surface area contributed by atoms with Crippen LogP contribution in [-0.2, 0) is 19.4 Å². The van der Waals surface area contributed by atoms with Crippen molar-refractivity contribution in [3.05, 3.63) is 21.2 Å². The van der Waals surface area contributed by atoms with Gasteiger partial charge in [-0.25, -0.2) is 0 Å². The molecule has 0 unspecified atom stereocenters. The number of halogens is 1. The predicted molar refractivity (Wildman–Crippen MR) is 58.5 cm³/mol. The van der Waals surface area contributed by atoms with E-state index in [2.05, 4.69) is 15.9 Å². The quantitative estimate of drug-likeness (QED) is 0.846. The molecule has 0 spiro atoms. The lowest BCUT2D eigenvalue weighted by Gasteiger charge is -2.12. The van der Waals surface area contributed by atoms with Crippen molar-refractivity contribution in [1.82, 2.24) is 0 Å². The number of aliphatic hydroxyl groups excluding tert-OH is 1. The molecule has 80 valence electrons. The summed E-state index contributed by atoms with van der Waals surface area (Å²) >= 11 is 3.56. The third-order valence-electron chi connectivity index (χ3n) is 3.01. The summed E-state index contributed by atoms with van der Waals surface area (Å²) in [5.41, 5.74) is 3.16. The zero-order valence-electron chi connectivity index (χ0n) is 8.18. The first kappa shape index (κ1) is 9.48. The summed E-state index contributed by atoms with van der Waals surface area (Å²) in [7, 11) is 0. The van der Waals surface area contributed by atoms with E-state index in [4.69, 9.17) is 9.47 Å². The molecular formula is C11H11BrO3. The van der Waals surface area contributed by atoms with Crippen LogP contribution in [0.25, 0.3) is 0 Å². The minimum atomic E-state index is 0.0291. The highest BCUT2D eigenvalue weighted by molar-refractivity contribution is 9.10. The number of aliphatic hydroxyl groups is 1. The van der Waals surface area contributed by atoms with Crippen molar-refractivity contribution in [2.45, 2.75) is 19.4 Å². The third-order valence-corrected chi connectivity index (χ3v) is 3.84. The van der Waals surface area contributed by atoms with Crippen LogP contribution in [0.3, 0.4) is 0 Å². The molecule has 1 aromatic carbocycles. The number of rotatable bonds is 1. The lowest BCUT2D eigenvalue weighted by atomic mass is 10.0. The van der Waals surface area contributed by atoms with Gasteiger partial charge in [-0.2, -0.15) is 0 Å². The lowest BCUT2D eigenvalue weighted by Crippen LogP contribution is -1.97. The molecule has 0 saturated carbocycles. The van der Waals surface area contributed by atoms with Gasteiger partial charge in [-0.15, -0.1) is 0 Å². The molecule has 0 fully saturated rings. The fourth-order valence-corrected chi connectivity index (χ4v) is 3.05. The van der Waals surface area contributed by atoms with Gasteiger partial charge in [0.1, 0.15) is 11.5 Å². The van der Waals surface area contributed by atoms with Gasteiger partial charge >= 0.3 is 0 Å². The minimum absolute atomic E-state index is 0.0291. The molecule has 0 aliphatic carbocycles. The molecule has 0 radical (unpaired) electrons. The maximum absolute atomic E-state index is 9.41. The summed E-state index contributed by atoms with van der Waals surface area (Å²) in [6.45, 7) is 1.43. The highest BCUT2D eigenvalue weighted by atomic mass is 79.9. The highest BCUT2D eigenvalue weighted by Gasteiger charge is 2.29. The number of hydrogen-bond acceptors (Lipinski definition) is 3. The van der Waals surface area contributed by atoms with E-state index in [1.54, 1.807) is 0 Å². The number of fused-ring (bicyclic) bond motifs is 2. The molecule has 4 heteroatoms. The fourth-order valence-electron chi connectivity index (χ4n) is 2.32. The number of ether oxygens (including phenoxy) is 2. The van der Waals surface area contributed by atoms with Crippen molar-refractivity contribution < 1.29 is 14.6 Å². The van der Waals surface area contributed by atoms with Gasteiger partial charge in [-0.1, -0.05) is 0 Å². The molecule has 3 nitrogen and oxygen atoms in total. The van der Waals surface area contributed by atoms with Crippen molar-refractivity contribution in [1.29, 1.82) is 0 Å². The van der Waals surface area contributed by atoms with E-state index in [0.29, 0.717) is 13.2 Å². The second-order valence-electron chi connectivity index (χ2n) is 3.76. The fraction of sp³-hybridized carbons (Fsp3) is 0.455. The summed E-state index contributed by atoms with van der Waals surface area (Å²) in [6.07, 6.45) is 1.75. The van der Waals surface area contributed by atoms with E-state index < -0.39 is 0 Å². The van der Waals surface area contributed by atoms with E-state index in [-0.39, 0.29) is 6.61 Å². The van der Waals surface area contributed by atoms with Crippen molar-refractivity contribution in [2.24, 2.45) is 0 Å². The van der Waals surface area contributed by atoms with E-state index in [1.807, 2.05) is 0 Å². The standard InChI is InChI=1S/C11H11BrO3/c12-9-7-2-4-14-10(7)8(5-13)6-1-3-15-11(6)9/h13H,1-5H2. The average molecular weight is 271 g/mol. The Morgan fingerprint density at radius 1 is 1.07 bits per heavy atom. The van der Waals surface area contributed by atoms with Crippen LogP contribution in [0.1, 0.15) is 16.7 Å². The van der Waals surface area contributed by atoms with Crippen molar-refractivity contribution in [3.8, 4) is 11.5 Å². The second kappa shape index (κ2) is 3.39. The Kier molecular flexibility index (Phi) is 2.14. The van der Waals surface area contributed by atoms with Crippen molar-refractivity contribution in [3.63, 3.8) is 0 Å².